The lowest BCUT2D eigenvalue weighted by molar-refractivity contribution is -0.124. The molecular weight excluding hydrogens is 486 g/mol. The summed E-state index contributed by atoms with van der Waals surface area (Å²) in [5.41, 5.74) is 5.70. The number of hydrazine groups is 1. The molecule has 2 aliphatic rings. The largest absolute Gasteiger partial charge is 0.308 e. The molecule has 152 valence electrons. The van der Waals surface area contributed by atoms with Crippen molar-refractivity contribution >= 4 is 73.2 Å². The normalized spacial score (nSPS) is 18.3. The van der Waals surface area contributed by atoms with Gasteiger partial charge in [-0.2, -0.15) is 5.01 Å². The molecule has 0 aromatic heterocycles. The zero-order valence-electron chi connectivity index (χ0n) is 16.1. The summed E-state index contributed by atoms with van der Waals surface area (Å²) in [6.45, 7) is 4.27. The highest BCUT2D eigenvalue weighted by Gasteiger charge is 2.42. The molecule has 0 bridgehead atoms. The topological polar surface area (TPSA) is 69.7 Å². The van der Waals surface area contributed by atoms with Crippen LogP contribution in [0, 0.1) is 6.92 Å². The number of thiocarbonyl (C=S) groups is 1. The molecule has 0 spiro atoms. The predicted octanol–water partition coefficient (Wildman–Crippen LogP) is 4.04. The maximum atomic E-state index is 13.1. The van der Waals surface area contributed by atoms with Gasteiger partial charge in [0.05, 0.1) is 16.2 Å². The number of carbonyl (C=O) groups is 3. The standard InChI is InChI=1S/C21H16BrN3O3S2/c1-3-24-15-9-8-13(22)10-14(15)16(19(24)27)17-20(28)25(21(29)30-17)23-18(26)12-6-4-11(2)5-7-12/h4-10H,3H2,1-2H3,(H,23,26)/b17-16-. The third-order valence-corrected chi connectivity index (χ3v) is 6.68. The molecular formula is C21H16BrN3O3S2. The quantitative estimate of drug-likeness (QED) is 0.507. The lowest BCUT2D eigenvalue weighted by atomic mass is 10.1. The fourth-order valence-corrected chi connectivity index (χ4v) is 4.94. The summed E-state index contributed by atoms with van der Waals surface area (Å²) >= 11 is 9.77. The number of carbonyl (C=O) groups excluding carboxylic acids is 3. The molecule has 2 aliphatic heterocycles. The minimum atomic E-state index is -0.516. The third-order valence-electron chi connectivity index (χ3n) is 4.82. The van der Waals surface area contributed by atoms with Gasteiger partial charge in [0, 0.05) is 22.1 Å². The van der Waals surface area contributed by atoms with E-state index in [4.69, 9.17) is 12.2 Å². The molecule has 0 saturated carbocycles. The summed E-state index contributed by atoms with van der Waals surface area (Å²) in [5, 5.41) is 1.03. The first-order valence-corrected chi connectivity index (χ1v) is 11.1. The molecule has 1 saturated heterocycles. The molecule has 3 amide bonds. The molecule has 6 nitrogen and oxygen atoms in total. The predicted molar refractivity (Wildman–Crippen MR) is 125 cm³/mol. The Morgan fingerprint density at radius 2 is 1.83 bits per heavy atom. The summed E-state index contributed by atoms with van der Waals surface area (Å²) in [4.78, 5) is 40.6. The first-order valence-electron chi connectivity index (χ1n) is 9.11. The first-order chi connectivity index (χ1) is 14.3. The Hall–Kier alpha value is -2.49. The molecule has 2 heterocycles. The zero-order valence-corrected chi connectivity index (χ0v) is 19.3. The molecule has 1 fully saturated rings. The number of hydrogen-bond acceptors (Lipinski definition) is 5. The van der Waals surface area contributed by atoms with Crippen LogP contribution in [-0.4, -0.2) is 33.6 Å². The van der Waals surface area contributed by atoms with Gasteiger partial charge in [-0.25, -0.2) is 0 Å². The van der Waals surface area contributed by atoms with E-state index in [2.05, 4.69) is 21.4 Å². The van der Waals surface area contributed by atoms with Gasteiger partial charge in [-0.1, -0.05) is 45.4 Å². The molecule has 0 radical (unpaired) electrons. The summed E-state index contributed by atoms with van der Waals surface area (Å²) in [6, 6.07) is 12.5. The van der Waals surface area contributed by atoms with Crippen molar-refractivity contribution in [3.63, 3.8) is 0 Å². The number of benzene rings is 2. The number of nitrogens with zero attached hydrogens (tertiary/aromatic N) is 2. The van der Waals surface area contributed by atoms with E-state index < -0.39 is 11.8 Å². The summed E-state index contributed by atoms with van der Waals surface area (Å²) in [7, 11) is 0. The minimum Gasteiger partial charge on any atom is -0.308 e. The second kappa shape index (κ2) is 7.98. The Bertz CT molecular complexity index is 1140. The Kier molecular flexibility index (Phi) is 5.52. The van der Waals surface area contributed by atoms with Crippen LogP contribution in [0.3, 0.4) is 0 Å². The Morgan fingerprint density at radius 1 is 1.13 bits per heavy atom. The monoisotopic (exact) mass is 501 g/mol. The smallest absolute Gasteiger partial charge is 0.286 e. The van der Waals surface area contributed by atoms with Gasteiger partial charge in [0.15, 0.2) is 4.32 Å². The first kappa shape index (κ1) is 20.8. The van der Waals surface area contributed by atoms with Gasteiger partial charge in [-0.15, -0.1) is 0 Å². The van der Waals surface area contributed by atoms with E-state index in [0.29, 0.717) is 23.2 Å². The van der Waals surface area contributed by atoms with Crippen LogP contribution in [0.25, 0.3) is 5.57 Å². The number of rotatable bonds is 3. The molecule has 4 rings (SSSR count). The summed E-state index contributed by atoms with van der Waals surface area (Å²) in [5.74, 6) is -1.22. The summed E-state index contributed by atoms with van der Waals surface area (Å²) < 4.78 is 0.968. The van der Waals surface area contributed by atoms with Crippen LogP contribution in [0.1, 0.15) is 28.4 Å². The third kappa shape index (κ3) is 3.46. The van der Waals surface area contributed by atoms with Crippen LogP contribution in [-0.2, 0) is 9.59 Å². The lowest BCUT2D eigenvalue weighted by Crippen LogP contribution is -2.45. The number of hydrogen-bond donors (Lipinski definition) is 1. The number of likely N-dealkylation sites (N-methyl/N-ethyl adjacent to an activating group) is 1. The van der Waals surface area contributed by atoms with Gasteiger partial charge in [-0.05, 0) is 56.4 Å². The maximum Gasteiger partial charge on any atom is 0.286 e. The SMILES string of the molecule is CCN1C(=O)/C(=C2\SC(=S)N(NC(=O)c3ccc(C)cc3)C2=O)c2cc(Br)ccc21. The van der Waals surface area contributed by atoms with Crippen molar-refractivity contribution in [3.8, 4) is 0 Å². The Balaban J connectivity index is 1.69. The molecule has 2 aromatic carbocycles. The highest BCUT2D eigenvalue weighted by molar-refractivity contribution is 9.10. The molecule has 0 aliphatic carbocycles. The maximum absolute atomic E-state index is 13.1. The number of fused-ring (bicyclic) bond motifs is 1. The van der Waals surface area contributed by atoms with Gasteiger partial charge < -0.3 is 4.90 Å². The van der Waals surface area contributed by atoms with Gasteiger partial charge in [0.25, 0.3) is 17.7 Å². The van der Waals surface area contributed by atoms with Crippen LogP contribution < -0.4 is 10.3 Å². The fourth-order valence-electron chi connectivity index (χ4n) is 3.32. The highest BCUT2D eigenvalue weighted by atomic mass is 79.9. The van der Waals surface area contributed by atoms with Crippen molar-refractivity contribution in [2.24, 2.45) is 0 Å². The van der Waals surface area contributed by atoms with E-state index in [1.807, 2.05) is 44.2 Å². The van der Waals surface area contributed by atoms with E-state index in [0.717, 1.165) is 32.5 Å². The van der Waals surface area contributed by atoms with E-state index in [9.17, 15) is 14.4 Å². The van der Waals surface area contributed by atoms with Gasteiger partial charge in [0.1, 0.15) is 0 Å². The van der Waals surface area contributed by atoms with Crippen molar-refractivity contribution in [2.75, 3.05) is 11.4 Å². The molecule has 9 heteroatoms. The second-order valence-electron chi connectivity index (χ2n) is 6.73. The van der Waals surface area contributed by atoms with Gasteiger partial charge >= 0.3 is 0 Å². The van der Waals surface area contributed by atoms with Crippen molar-refractivity contribution < 1.29 is 14.4 Å². The van der Waals surface area contributed by atoms with E-state index in [1.54, 1.807) is 17.0 Å². The number of thioether (sulfide) groups is 1. The van der Waals surface area contributed by atoms with Crippen LogP contribution in [0.4, 0.5) is 5.69 Å². The van der Waals surface area contributed by atoms with Crippen molar-refractivity contribution in [1.82, 2.24) is 10.4 Å². The van der Waals surface area contributed by atoms with Crippen LogP contribution >= 0.6 is 39.9 Å². The van der Waals surface area contributed by atoms with Crippen molar-refractivity contribution in [2.45, 2.75) is 13.8 Å². The lowest BCUT2D eigenvalue weighted by Gasteiger charge is -2.16. The van der Waals surface area contributed by atoms with Crippen molar-refractivity contribution in [3.05, 3.63) is 68.5 Å². The Labute approximate surface area is 191 Å². The minimum absolute atomic E-state index is 0.169. The van der Waals surface area contributed by atoms with Gasteiger partial charge in [-0.3, -0.25) is 19.8 Å². The van der Waals surface area contributed by atoms with Gasteiger partial charge in [0.2, 0.25) is 0 Å². The van der Waals surface area contributed by atoms with E-state index >= 15 is 0 Å². The number of anilines is 1. The second-order valence-corrected chi connectivity index (χ2v) is 9.29. The number of amides is 3. The zero-order chi connectivity index (χ0) is 21.6. The fraction of sp³-hybridized carbons (Fsp3) is 0.143. The number of halogens is 1. The molecule has 30 heavy (non-hydrogen) atoms. The van der Waals surface area contributed by atoms with Crippen molar-refractivity contribution in [1.29, 1.82) is 0 Å². The average molecular weight is 502 g/mol. The molecule has 2 aromatic rings. The van der Waals surface area contributed by atoms with Crippen LogP contribution in [0.15, 0.2) is 51.8 Å². The summed E-state index contributed by atoms with van der Waals surface area (Å²) in [6.07, 6.45) is 0. The Morgan fingerprint density at radius 3 is 2.50 bits per heavy atom. The number of aryl methyl sites for hydroxylation is 1. The van der Waals surface area contributed by atoms with E-state index in [-0.39, 0.29) is 15.1 Å². The highest BCUT2D eigenvalue weighted by Crippen LogP contribution is 2.45. The average Bonchev–Trinajstić information content (AvgIpc) is 3.14. The molecule has 0 atom stereocenters. The van der Waals surface area contributed by atoms with E-state index in [1.165, 1.54) is 0 Å². The molecule has 0 unspecified atom stereocenters. The molecule has 1 N–H and O–H groups in total. The van der Waals surface area contributed by atoms with Crippen LogP contribution in [0.5, 0.6) is 0 Å². The van der Waals surface area contributed by atoms with Crippen LogP contribution in [0.2, 0.25) is 0 Å². The number of nitrogens with one attached hydrogen (secondary N) is 1.